The van der Waals surface area contributed by atoms with Crippen molar-refractivity contribution in [3.8, 4) is 0 Å². The molecule has 1 aliphatic heterocycles. The van der Waals surface area contributed by atoms with Gasteiger partial charge in [-0.3, -0.25) is 14.4 Å². The zero-order chi connectivity index (χ0) is 24.6. The number of carbonyl (C=O) groups is 3. The van der Waals surface area contributed by atoms with Crippen LogP contribution in [0.15, 0.2) is 99.3 Å². The minimum atomic E-state index is -3.93. The van der Waals surface area contributed by atoms with Gasteiger partial charge in [0.05, 0.1) is 16.1 Å². The third-order valence-corrected chi connectivity index (χ3v) is 7.46. The predicted octanol–water partition coefficient (Wildman–Crippen LogP) is 3.84. The molecule has 2 heterocycles. The van der Waals surface area contributed by atoms with E-state index < -0.39 is 21.5 Å². The van der Waals surface area contributed by atoms with E-state index in [9.17, 15) is 22.8 Å². The summed E-state index contributed by atoms with van der Waals surface area (Å²) in [6.07, 6.45) is 1.41. The van der Waals surface area contributed by atoms with Gasteiger partial charge in [-0.25, -0.2) is 8.42 Å². The van der Waals surface area contributed by atoms with E-state index in [1.807, 2.05) is 0 Å². The van der Waals surface area contributed by atoms with E-state index in [1.54, 1.807) is 48.5 Å². The molecule has 9 heteroatoms. The maximum atomic E-state index is 13.1. The van der Waals surface area contributed by atoms with Crippen LogP contribution in [-0.4, -0.2) is 26.0 Å². The molecule has 8 nitrogen and oxygen atoms in total. The Balaban J connectivity index is 1.28. The number of nitrogens with one attached hydrogen (secondary N) is 2. The Hall–Kier alpha value is -4.50. The fourth-order valence-electron chi connectivity index (χ4n) is 3.82. The van der Waals surface area contributed by atoms with Crippen LogP contribution in [0.3, 0.4) is 0 Å². The Bertz CT molecular complexity index is 1570. The molecule has 0 fully saturated rings. The lowest BCUT2D eigenvalue weighted by molar-refractivity contribution is 0.0948. The smallest absolute Gasteiger partial charge is 0.291 e. The maximum absolute atomic E-state index is 13.1. The van der Waals surface area contributed by atoms with Gasteiger partial charge in [-0.1, -0.05) is 24.3 Å². The summed E-state index contributed by atoms with van der Waals surface area (Å²) >= 11 is 0. The quantitative estimate of drug-likeness (QED) is 0.389. The number of rotatable bonds is 5. The molecule has 0 spiro atoms. The van der Waals surface area contributed by atoms with Crippen LogP contribution in [-0.2, 0) is 16.4 Å². The molecule has 2 amide bonds. The van der Waals surface area contributed by atoms with Crippen molar-refractivity contribution in [1.82, 2.24) is 5.32 Å². The molecule has 0 bridgehead atoms. The van der Waals surface area contributed by atoms with Gasteiger partial charge in [0.1, 0.15) is 0 Å². The lowest BCUT2D eigenvalue weighted by Crippen LogP contribution is -2.25. The molecule has 1 aliphatic rings. The van der Waals surface area contributed by atoms with Crippen molar-refractivity contribution in [3.63, 3.8) is 0 Å². The van der Waals surface area contributed by atoms with Gasteiger partial charge in [-0.2, -0.15) is 0 Å². The molecular formula is C26H18N2O6S. The van der Waals surface area contributed by atoms with Crippen LogP contribution in [0.25, 0.3) is 0 Å². The average molecular weight is 487 g/mol. The van der Waals surface area contributed by atoms with E-state index in [1.165, 1.54) is 36.6 Å². The second-order valence-corrected chi connectivity index (χ2v) is 9.74. The molecule has 0 aliphatic carbocycles. The van der Waals surface area contributed by atoms with Crippen molar-refractivity contribution in [2.75, 3.05) is 5.32 Å². The molecule has 2 N–H and O–H groups in total. The molecule has 0 radical (unpaired) electrons. The van der Waals surface area contributed by atoms with E-state index in [0.29, 0.717) is 5.69 Å². The molecule has 0 saturated heterocycles. The van der Waals surface area contributed by atoms with Gasteiger partial charge in [0, 0.05) is 28.9 Å². The van der Waals surface area contributed by atoms with Crippen molar-refractivity contribution in [1.29, 1.82) is 0 Å². The Morgan fingerprint density at radius 1 is 0.800 bits per heavy atom. The first-order chi connectivity index (χ1) is 16.8. The Kier molecular flexibility index (Phi) is 5.54. The summed E-state index contributed by atoms with van der Waals surface area (Å²) in [5, 5.41) is 5.45. The number of hydrogen-bond donors (Lipinski definition) is 2. The van der Waals surface area contributed by atoms with E-state index in [0.717, 1.165) is 5.56 Å². The monoisotopic (exact) mass is 486 g/mol. The standard InChI is InChI=1S/C26H18N2O6S/c29-24-19-4-1-2-6-22(19)35(32,33)23-14-17(9-12-20(23)24)25(30)27-15-16-7-10-18(11-8-16)28-26(31)21-5-3-13-34-21/h1-14H,15H2,(H,27,30)(H,28,31). The highest BCUT2D eigenvalue weighted by Gasteiger charge is 2.35. The van der Waals surface area contributed by atoms with E-state index >= 15 is 0 Å². The highest BCUT2D eigenvalue weighted by Crippen LogP contribution is 2.34. The molecule has 3 aromatic carbocycles. The first kappa shape index (κ1) is 22.3. The van der Waals surface area contributed by atoms with Crippen molar-refractivity contribution in [2.24, 2.45) is 0 Å². The normalized spacial score (nSPS) is 13.4. The topological polar surface area (TPSA) is 123 Å². The first-order valence-electron chi connectivity index (χ1n) is 10.6. The van der Waals surface area contributed by atoms with E-state index in [2.05, 4.69) is 10.6 Å². The summed E-state index contributed by atoms with van der Waals surface area (Å²) in [7, 11) is -3.93. The van der Waals surface area contributed by atoms with Crippen molar-refractivity contribution >= 4 is 33.1 Å². The fraction of sp³-hybridized carbons (Fsp3) is 0.0385. The van der Waals surface area contributed by atoms with Gasteiger partial charge in [0.2, 0.25) is 9.84 Å². The molecule has 1 aromatic heterocycles. The molecule has 4 aromatic rings. The van der Waals surface area contributed by atoms with E-state index in [4.69, 9.17) is 4.42 Å². The van der Waals surface area contributed by atoms with Gasteiger partial charge in [-0.15, -0.1) is 0 Å². The summed E-state index contributed by atoms with van der Waals surface area (Å²) in [5.74, 6) is -1.06. The number of furan rings is 1. The lowest BCUT2D eigenvalue weighted by atomic mass is 10.0. The number of fused-ring (bicyclic) bond motifs is 2. The third-order valence-electron chi connectivity index (χ3n) is 5.61. The van der Waals surface area contributed by atoms with Crippen LogP contribution in [0.1, 0.15) is 42.4 Å². The molecule has 0 unspecified atom stereocenters. The molecule has 0 saturated carbocycles. The van der Waals surface area contributed by atoms with Gasteiger partial charge >= 0.3 is 0 Å². The second kappa shape index (κ2) is 8.69. The fourth-order valence-corrected chi connectivity index (χ4v) is 5.49. The predicted molar refractivity (Wildman–Crippen MR) is 126 cm³/mol. The SMILES string of the molecule is O=C(NCc1ccc(NC(=O)c2ccco2)cc1)c1ccc2c(c1)S(=O)(=O)c1ccccc1C2=O. The zero-order valence-corrected chi connectivity index (χ0v) is 19.0. The largest absolute Gasteiger partial charge is 0.459 e. The van der Waals surface area contributed by atoms with Crippen LogP contribution >= 0.6 is 0 Å². The van der Waals surface area contributed by atoms with Gasteiger partial charge < -0.3 is 15.1 Å². The Labute approximate surface area is 200 Å². The highest BCUT2D eigenvalue weighted by molar-refractivity contribution is 7.91. The molecule has 0 atom stereocenters. The minimum absolute atomic E-state index is 0.0486. The van der Waals surface area contributed by atoms with Crippen molar-refractivity contribution in [2.45, 2.75) is 16.3 Å². The van der Waals surface area contributed by atoms with Gasteiger partial charge in [-0.05, 0) is 60.2 Å². The van der Waals surface area contributed by atoms with Crippen LogP contribution in [0.2, 0.25) is 0 Å². The lowest BCUT2D eigenvalue weighted by Gasteiger charge is -2.19. The van der Waals surface area contributed by atoms with Crippen LogP contribution in [0, 0.1) is 0 Å². The minimum Gasteiger partial charge on any atom is -0.459 e. The molecule has 174 valence electrons. The number of carbonyl (C=O) groups excluding carboxylic acids is 3. The number of amides is 2. The van der Waals surface area contributed by atoms with Crippen molar-refractivity contribution in [3.05, 3.63) is 113 Å². The summed E-state index contributed by atoms with van der Waals surface area (Å²) in [6, 6.07) is 20.1. The Morgan fingerprint density at radius 3 is 2.29 bits per heavy atom. The van der Waals surface area contributed by atoms with Gasteiger partial charge in [0.25, 0.3) is 11.8 Å². The highest BCUT2D eigenvalue weighted by atomic mass is 32.2. The van der Waals surface area contributed by atoms with Gasteiger partial charge in [0.15, 0.2) is 11.5 Å². The summed E-state index contributed by atoms with van der Waals surface area (Å²) in [5.41, 5.74) is 1.63. The first-order valence-corrected chi connectivity index (χ1v) is 12.1. The molecule has 5 rings (SSSR count). The summed E-state index contributed by atoms with van der Waals surface area (Å²) in [4.78, 5) is 37.3. The summed E-state index contributed by atoms with van der Waals surface area (Å²) < 4.78 is 31.2. The zero-order valence-electron chi connectivity index (χ0n) is 18.1. The average Bonchev–Trinajstić information content (AvgIpc) is 3.42. The van der Waals surface area contributed by atoms with Crippen LogP contribution in [0.5, 0.6) is 0 Å². The Morgan fingerprint density at radius 2 is 1.54 bits per heavy atom. The third kappa shape index (κ3) is 4.13. The van der Waals surface area contributed by atoms with Crippen molar-refractivity contribution < 1.29 is 27.2 Å². The number of ketones is 1. The number of hydrogen-bond acceptors (Lipinski definition) is 6. The van der Waals surface area contributed by atoms with Crippen LogP contribution in [0.4, 0.5) is 5.69 Å². The summed E-state index contributed by atoms with van der Waals surface area (Å²) in [6.45, 7) is 0.177. The molecular weight excluding hydrogens is 468 g/mol. The number of sulfone groups is 1. The van der Waals surface area contributed by atoms with E-state index in [-0.39, 0.29) is 44.7 Å². The second-order valence-electron chi connectivity index (χ2n) is 7.85. The molecule has 35 heavy (non-hydrogen) atoms. The van der Waals surface area contributed by atoms with Crippen LogP contribution < -0.4 is 10.6 Å². The number of benzene rings is 3. The number of anilines is 1. The maximum Gasteiger partial charge on any atom is 0.291 e.